The number of rotatable bonds is 7. The largest absolute Gasteiger partial charge is 0.387 e. The van der Waals surface area contributed by atoms with Crippen molar-refractivity contribution in [1.29, 1.82) is 0 Å². The average Bonchev–Trinajstić information content (AvgIpc) is 2.85. The molecule has 2 aromatic carbocycles. The summed E-state index contributed by atoms with van der Waals surface area (Å²) in [6.45, 7) is 18.4. The van der Waals surface area contributed by atoms with Gasteiger partial charge in [0.15, 0.2) is 0 Å². The van der Waals surface area contributed by atoms with E-state index in [1.165, 1.54) is 17.7 Å². The molecule has 0 saturated carbocycles. The fourth-order valence-electron chi connectivity index (χ4n) is 4.18. The first-order valence-electron chi connectivity index (χ1n) is 13.2. The maximum absolute atomic E-state index is 10.9. The molecule has 1 aliphatic rings. The van der Waals surface area contributed by atoms with E-state index in [4.69, 9.17) is 11.6 Å². The van der Waals surface area contributed by atoms with E-state index in [2.05, 4.69) is 70.0 Å². The second-order valence-electron chi connectivity index (χ2n) is 8.83. The number of aliphatic hydroxyl groups excluding tert-OH is 1. The van der Waals surface area contributed by atoms with Crippen molar-refractivity contribution in [3.05, 3.63) is 87.6 Å². The molecular formula is C31H47ClN2O. The van der Waals surface area contributed by atoms with Gasteiger partial charge in [-0.25, -0.2) is 0 Å². The normalized spacial score (nSPS) is 17.1. The van der Waals surface area contributed by atoms with E-state index >= 15 is 0 Å². The van der Waals surface area contributed by atoms with Crippen LogP contribution in [0.25, 0.3) is 5.70 Å². The minimum absolute atomic E-state index is 0.181. The van der Waals surface area contributed by atoms with Gasteiger partial charge in [-0.3, -0.25) is 4.90 Å². The maximum atomic E-state index is 10.9. The van der Waals surface area contributed by atoms with Crippen molar-refractivity contribution in [2.45, 2.75) is 86.8 Å². The highest BCUT2D eigenvalue weighted by Crippen LogP contribution is 2.29. The summed E-state index contributed by atoms with van der Waals surface area (Å²) in [6, 6.07) is 16.2. The molecule has 0 saturated heterocycles. The fraction of sp³-hybridized carbons (Fsp3) is 0.484. The van der Waals surface area contributed by atoms with E-state index in [1.54, 1.807) is 0 Å². The minimum atomic E-state index is -0.498. The summed E-state index contributed by atoms with van der Waals surface area (Å²) in [4.78, 5) is 2.36. The number of allylic oxidation sites excluding steroid dienone is 1. The lowest BCUT2D eigenvalue weighted by Gasteiger charge is -2.38. The van der Waals surface area contributed by atoms with Crippen LogP contribution >= 0.6 is 11.6 Å². The summed E-state index contributed by atoms with van der Waals surface area (Å²) in [5, 5.41) is 15.3. The first-order chi connectivity index (χ1) is 16.8. The van der Waals surface area contributed by atoms with Crippen molar-refractivity contribution in [1.82, 2.24) is 10.2 Å². The highest BCUT2D eigenvalue weighted by atomic mass is 35.5. The molecule has 0 aliphatic carbocycles. The fourth-order valence-corrected chi connectivity index (χ4v) is 4.42. The molecule has 2 aromatic rings. The van der Waals surface area contributed by atoms with Gasteiger partial charge >= 0.3 is 0 Å². The van der Waals surface area contributed by atoms with E-state index in [1.807, 2.05) is 50.2 Å². The van der Waals surface area contributed by atoms with Gasteiger partial charge in [-0.1, -0.05) is 107 Å². The third kappa shape index (κ3) is 9.14. The Balaban J connectivity index is 0.00000114. The lowest BCUT2D eigenvalue weighted by Crippen LogP contribution is -2.44. The number of hydrogen-bond donors (Lipinski definition) is 2. The third-order valence-corrected chi connectivity index (χ3v) is 6.33. The first kappa shape index (κ1) is 31.0. The lowest BCUT2D eigenvalue weighted by atomic mass is 9.97. The molecular weight excluding hydrogens is 452 g/mol. The van der Waals surface area contributed by atoms with Crippen LogP contribution in [0.2, 0.25) is 5.02 Å². The van der Waals surface area contributed by atoms with Crippen LogP contribution in [0.4, 0.5) is 0 Å². The zero-order chi connectivity index (χ0) is 26.4. The van der Waals surface area contributed by atoms with E-state index in [0.717, 1.165) is 46.8 Å². The number of aryl methyl sites for hydroxylation is 1. The zero-order valence-electron chi connectivity index (χ0n) is 23.2. The molecule has 2 unspecified atom stereocenters. The van der Waals surface area contributed by atoms with Gasteiger partial charge in [-0.05, 0) is 50.8 Å². The Morgan fingerprint density at radius 2 is 1.69 bits per heavy atom. The van der Waals surface area contributed by atoms with Gasteiger partial charge in [0.05, 0.1) is 6.10 Å². The summed E-state index contributed by atoms with van der Waals surface area (Å²) in [5.74, 6) is 0. The lowest BCUT2D eigenvalue weighted by molar-refractivity contribution is 0.0939. The summed E-state index contributed by atoms with van der Waals surface area (Å²) >= 11 is 6.48. The molecule has 3 nitrogen and oxygen atoms in total. The molecule has 4 heteroatoms. The molecule has 0 radical (unpaired) electrons. The summed E-state index contributed by atoms with van der Waals surface area (Å²) in [7, 11) is 0. The Kier molecular flexibility index (Phi) is 14.7. The minimum Gasteiger partial charge on any atom is -0.387 e. The SMILES string of the molecule is CC.CC/C=C(/NC1=C(C)CCN(CC(O)c2ccccc2C)C1C)c1ccccc1Cl.CCC. The number of β-amino-alcohol motifs (C(OH)–C–C–N with tert-alkyl or cyclic N) is 1. The molecule has 0 spiro atoms. The van der Waals surface area contributed by atoms with Crippen molar-refractivity contribution >= 4 is 17.3 Å². The van der Waals surface area contributed by atoms with Crippen molar-refractivity contribution in [2.75, 3.05) is 13.1 Å². The zero-order valence-corrected chi connectivity index (χ0v) is 23.9. The number of hydrogen-bond acceptors (Lipinski definition) is 3. The molecule has 1 aliphatic heterocycles. The molecule has 0 fully saturated rings. The number of halogens is 1. The Morgan fingerprint density at radius 1 is 1.09 bits per heavy atom. The molecule has 0 aromatic heterocycles. The van der Waals surface area contributed by atoms with E-state index in [-0.39, 0.29) is 6.04 Å². The summed E-state index contributed by atoms with van der Waals surface area (Å²) in [5.41, 5.74) is 6.77. The topological polar surface area (TPSA) is 35.5 Å². The van der Waals surface area contributed by atoms with Gasteiger partial charge < -0.3 is 10.4 Å². The highest BCUT2D eigenvalue weighted by Gasteiger charge is 2.27. The molecule has 35 heavy (non-hydrogen) atoms. The van der Waals surface area contributed by atoms with Crippen molar-refractivity contribution in [2.24, 2.45) is 0 Å². The van der Waals surface area contributed by atoms with Crippen LogP contribution in [0.15, 0.2) is 65.9 Å². The highest BCUT2D eigenvalue weighted by molar-refractivity contribution is 6.32. The predicted octanol–water partition coefficient (Wildman–Crippen LogP) is 8.53. The summed E-state index contributed by atoms with van der Waals surface area (Å²) < 4.78 is 0. The smallest absolute Gasteiger partial charge is 0.0919 e. The Labute approximate surface area is 219 Å². The Bertz CT molecular complexity index is 951. The van der Waals surface area contributed by atoms with Crippen LogP contribution < -0.4 is 5.32 Å². The van der Waals surface area contributed by atoms with Crippen LogP contribution in [0.1, 0.15) is 90.5 Å². The first-order valence-corrected chi connectivity index (χ1v) is 13.6. The van der Waals surface area contributed by atoms with E-state index < -0.39 is 6.10 Å². The Hall–Kier alpha value is -2.07. The standard InChI is InChI=1S/C26H33ClN2O.C3H8.C2H6/c1-5-10-24(22-13-8-9-14-23(22)27)28-26-19(3)15-16-29(20(26)4)17-25(30)21-12-7-6-11-18(21)2;1-3-2;1-2/h6-14,20,25,28,30H,5,15-17H2,1-4H3;3H2,1-2H3;1-2H3/b24-10+;;. The monoisotopic (exact) mass is 498 g/mol. The van der Waals surface area contributed by atoms with E-state index in [0.29, 0.717) is 6.54 Å². The Morgan fingerprint density at radius 3 is 2.29 bits per heavy atom. The quantitative estimate of drug-likeness (QED) is 0.401. The van der Waals surface area contributed by atoms with Crippen LogP contribution in [0.3, 0.4) is 0 Å². The van der Waals surface area contributed by atoms with Gasteiger partial charge in [0.2, 0.25) is 0 Å². The summed E-state index contributed by atoms with van der Waals surface area (Å²) in [6.07, 6.45) is 4.84. The second kappa shape index (κ2) is 16.6. The van der Waals surface area contributed by atoms with Gasteiger partial charge in [-0.15, -0.1) is 0 Å². The molecule has 194 valence electrons. The van der Waals surface area contributed by atoms with E-state index in [9.17, 15) is 5.11 Å². The molecule has 1 heterocycles. The van der Waals surface area contributed by atoms with Crippen LogP contribution in [-0.2, 0) is 0 Å². The number of nitrogens with zero attached hydrogens (tertiary/aromatic N) is 1. The molecule has 2 atom stereocenters. The van der Waals surface area contributed by atoms with Crippen molar-refractivity contribution < 1.29 is 5.11 Å². The van der Waals surface area contributed by atoms with Gasteiger partial charge in [0.1, 0.15) is 0 Å². The third-order valence-electron chi connectivity index (χ3n) is 6.00. The molecule has 0 amide bonds. The maximum Gasteiger partial charge on any atom is 0.0919 e. The van der Waals surface area contributed by atoms with Gasteiger partial charge in [0, 0.05) is 41.1 Å². The predicted molar refractivity (Wildman–Crippen MR) is 155 cm³/mol. The number of benzene rings is 2. The number of nitrogens with one attached hydrogen (secondary N) is 1. The van der Waals surface area contributed by atoms with Crippen molar-refractivity contribution in [3.63, 3.8) is 0 Å². The molecule has 2 N–H and O–H groups in total. The molecule has 3 rings (SSSR count). The van der Waals surface area contributed by atoms with Crippen LogP contribution in [0.5, 0.6) is 0 Å². The van der Waals surface area contributed by atoms with Gasteiger partial charge in [-0.2, -0.15) is 0 Å². The second-order valence-corrected chi connectivity index (χ2v) is 9.23. The molecule has 0 bridgehead atoms. The van der Waals surface area contributed by atoms with Crippen molar-refractivity contribution in [3.8, 4) is 0 Å². The van der Waals surface area contributed by atoms with Crippen LogP contribution in [0, 0.1) is 6.92 Å². The number of aliphatic hydroxyl groups is 1. The van der Waals surface area contributed by atoms with Crippen LogP contribution in [-0.4, -0.2) is 29.1 Å². The average molecular weight is 499 g/mol. The van der Waals surface area contributed by atoms with Gasteiger partial charge in [0.25, 0.3) is 0 Å².